The van der Waals surface area contributed by atoms with Gasteiger partial charge in [0, 0.05) is 0 Å². The standard InChI is InChI=1S/C15H17IO3/c1-10-6-7-11(16)13(9-10)18-14(17)12-5-4-8-15(2,3)19-12/h5-7,9H,4,8H2,1-3H3. The van der Waals surface area contributed by atoms with E-state index in [1.165, 1.54) is 0 Å². The molecule has 0 spiro atoms. The van der Waals surface area contributed by atoms with Gasteiger partial charge in [0.25, 0.3) is 0 Å². The highest BCUT2D eigenvalue weighted by Gasteiger charge is 2.28. The van der Waals surface area contributed by atoms with Gasteiger partial charge in [-0.25, -0.2) is 4.79 Å². The van der Waals surface area contributed by atoms with Crippen molar-refractivity contribution in [1.82, 2.24) is 0 Å². The fourth-order valence-corrected chi connectivity index (χ4v) is 2.35. The summed E-state index contributed by atoms with van der Waals surface area (Å²) in [6.07, 6.45) is 3.55. The van der Waals surface area contributed by atoms with Gasteiger partial charge in [-0.15, -0.1) is 0 Å². The second kappa shape index (κ2) is 5.53. The molecule has 0 N–H and O–H groups in total. The lowest BCUT2D eigenvalue weighted by Crippen LogP contribution is -2.30. The maximum atomic E-state index is 12.1. The number of hydrogen-bond donors (Lipinski definition) is 0. The zero-order chi connectivity index (χ0) is 14.0. The molecule has 2 rings (SSSR count). The summed E-state index contributed by atoms with van der Waals surface area (Å²) in [6, 6.07) is 5.77. The van der Waals surface area contributed by atoms with Gasteiger partial charge in [-0.1, -0.05) is 6.07 Å². The Labute approximate surface area is 127 Å². The van der Waals surface area contributed by atoms with Crippen molar-refractivity contribution < 1.29 is 14.3 Å². The Hall–Kier alpha value is -1.04. The molecule has 0 amide bonds. The molecule has 1 aromatic rings. The molecule has 1 heterocycles. The molecule has 0 saturated carbocycles. The van der Waals surface area contributed by atoms with E-state index in [-0.39, 0.29) is 5.60 Å². The summed E-state index contributed by atoms with van der Waals surface area (Å²) < 4.78 is 12.0. The normalized spacial score (nSPS) is 17.4. The maximum Gasteiger partial charge on any atom is 0.378 e. The molecule has 0 fully saturated rings. The van der Waals surface area contributed by atoms with Crippen LogP contribution >= 0.6 is 22.6 Å². The average molecular weight is 372 g/mol. The zero-order valence-corrected chi connectivity index (χ0v) is 13.5. The van der Waals surface area contributed by atoms with Crippen LogP contribution in [-0.4, -0.2) is 11.6 Å². The summed E-state index contributed by atoms with van der Waals surface area (Å²) in [6.45, 7) is 5.92. The first kappa shape index (κ1) is 14.4. The Balaban J connectivity index is 2.13. The minimum atomic E-state index is -0.420. The molecule has 3 nitrogen and oxygen atoms in total. The van der Waals surface area contributed by atoms with Crippen molar-refractivity contribution >= 4 is 28.6 Å². The van der Waals surface area contributed by atoms with Gasteiger partial charge in [0.05, 0.1) is 3.57 Å². The van der Waals surface area contributed by atoms with Crippen molar-refractivity contribution in [2.75, 3.05) is 0 Å². The molecular weight excluding hydrogens is 355 g/mol. The molecule has 4 heteroatoms. The number of allylic oxidation sites excluding steroid dienone is 1. The number of aryl methyl sites for hydroxylation is 1. The van der Waals surface area contributed by atoms with E-state index in [1.807, 2.05) is 39.0 Å². The van der Waals surface area contributed by atoms with E-state index in [4.69, 9.17) is 9.47 Å². The largest absolute Gasteiger partial charge is 0.481 e. The summed E-state index contributed by atoms with van der Waals surface area (Å²) in [5.41, 5.74) is 0.755. The molecule has 0 atom stereocenters. The summed E-state index contributed by atoms with van der Waals surface area (Å²) in [4.78, 5) is 12.1. The number of hydrogen-bond acceptors (Lipinski definition) is 3. The molecule has 0 radical (unpaired) electrons. The van der Waals surface area contributed by atoms with Crippen LogP contribution in [0.1, 0.15) is 32.3 Å². The quantitative estimate of drug-likeness (QED) is 0.448. The molecule has 19 heavy (non-hydrogen) atoms. The number of benzene rings is 1. The van der Waals surface area contributed by atoms with Crippen molar-refractivity contribution in [3.05, 3.63) is 39.2 Å². The third-order valence-electron chi connectivity index (χ3n) is 2.95. The van der Waals surface area contributed by atoms with Crippen LogP contribution in [0.2, 0.25) is 0 Å². The second-order valence-corrected chi connectivity index (χ2v) is 6.45. The van der Waals surface area contributed by atoms with Crippen molar-refractivity contribution in [1.29, 1.82) is 0 Å². The summed E-state index contributed by atoms with van der Waals surface area (Å²) in [5, 5.41) is 0. The van der Waals surface area contributed by atoms with Crippen molar-refractivity contribution in [2.45, 2.75) is 39.2 Å². The van der Waals surface area contributed by atoms with Gasteiger partial charge in [0.2, 0.25) is 5.76 Å². The number of esters is 1. The summed E-state index contributed by atoms with van der Waals surface area (Å²) in [7, 11) is 0. The summed E-state index contributed by atoms with van der Waals surface area (Å²) in [5.74, 6) is 0.475. The van der Waals surface area contributed by atoms with Gasteiger partial charge >= 0.3 is 5.97 Å². The Kier molecular flexibility index (Phi) is 4.18. The predicted molar refractivity (Wildman–Crippen MR) is 82.0 cm³/mol. The number of halogens is 1. The van der Waals surface area contributed by atoms with E-state index in [0.29, 0.717) is 11.5 Å². The Bertz CT molecular complexity index is 532. The molecule has 0 bridgehead atoms. The highest BCUT2D eigenvalue weighted by atomic mass is 127. The predicted octanol–water partition coefficient (Wildman–Crippen LogP) is 3.98. The van der Waals surface area contributed by atoms with Gasteiger partial charge in [-0.2, -0.15) is 0 Å². The second-order valence-electron chi connectivity index (χ2n) is 5.29. The highest BCUT2D eigenvalue weighted by Crippen LogP contribution is 2.28. The molecule has 0 unspecified atom stereocenters. The lowest BCUT2D eigenvalue weighted by Gasteiger charge is -2.30. The Morgan fingerprint density at radius 1 is 1.42 bits per heavy atom. The van der Waals surface area contributed by atoms with Gasteiger partial charge < -0.3 is 9.47 Å². The first-order chi connectivity index (χ1) is 8.87. The first-order valence-corrected chi connectivity index (χ1v) is 7.33. The van der Waals surface area contributed by atoms with Gasteiger partial charge in [0.15, 0.2) is 0 Å². The molecule has 102 valence electrons. The van der Waals surface area contributed by atoms with Crippen LogP contribution in [0.15, 0.2) is 30.0 Å². The average Bonchev–Trinajstić information content (AvgIpc) is 2.32. The number of carbonyl (C=O) groups excluding carboxylic acids is 1. The smallest absolute Gasteiger partial charge is 0.378 e. The minimum Gasteiger partial charge on any atom is -0.481 e. The number of ether oxygens (including phenoxy) is 2. The van der Waals surface area contributed by atoms with Gasteiger partial charge in [-0.05, 0) is 80.0 Å². The van der Waals surface area contributed by atoms with Crippen LogP contribution in [0, 0.1) is 10.5 Å². The molecule has 0 aliphatic carbocycles. The first-order valence-electron chi connectivity index (χ1n) is 6.25. The molecule has 1 aromatic carbocycles. The summed E-state index contributed by atoms with van der Waals surface area (Å²) >= 11 is 2.15. The molecule has 0 aromatic heterocycles. The highest BCUT2D eigenvalue weighted by molar-refractivity contribution is 14.1. The van der Waals surface area contributed by atoms with Crippen LogP contribution in [-0.2, 0) is 9.53 Å². The molecule has 1 aliphatic rings. The lowest BCUT2D eigenvalue weighted by atomic mass is 9.99. The minimum absolute atomic E-state index is 0.303. The number of rotatable bonds is 2. The maximum absolute atomic E-state index is 12.1. The molecular formula is C15H17IO3. The fraction of sp³-hybridized carbons (Fsp3) is 0.400. The van der Waals surface area contributed by atoms with E-state index in [0.717, 1.165) is 22.0 Å². The number of carbonyl (C=O) groups is 1. The van der Waals surface area contributed by atoms with Crippen molar-refractivity contribution in [3.63, 3.8) is 0 Å². The van der Waals surface area contributed by atoms with Gasteiger partial charge in [-0.3, -0.25) is 0 Å². The Morgan fingerprint density at radius 2 is 2.16 bits per heavy atom. The van der Waals surface area contributed by atoms with E-state index < -0.39 is 5.97 Å². The van der Waals surface area contributed by atoms with Crippen LogP contribution < -0.4 is 4.74 Å². The molecule has 0 saturated heterocycles. The molecule has 1 aliphatic heterocycles. The van der Waals surface area contributed by atoms with E-state index in [2.05, 4.69) is 22.6 Å². The monoisotopic (exact) mass is 372 g/mol. The van der Waals surface area contributed by atoms with Gasteiger partial charge in [0.1, 0.15) is 11.4 Å². The Morgan fingerprint density at radius 3 is 2.84 bits per heavy atom. The van der Waals surface area contributed by atoms with Crippen LogP contribution in [0.3, 0.4) is 0 Å². The van der Waals surface area contributed by atoms with Crippen LogP contribution in [0.5, 0.6) is 5.75 Å². The lowest BCUT2D eigenvalue weighted by molar-refractivity contribution is -0.138. The van der Waals surface area contributed by atoms with Crippen LogP contribution in [0.4, 0.5) is 0 Å². The third kappa shape index (κ3) is 3.72. The van der Waals surface area contributed by atoms with E-state index in [9.17, 15) is 4.79 Å². The zero-order valence-electron chi connectivity index (χ0n) is 11.3. The fourth-order valence-electron chi connectivity index (χ4n) is 1.91. The van der Waals surface area contributed by atoms with Crippen molar-refractivity contribution in [2.24, 2.45) is 0 Å². The van der Waals surface area contributed by atoms with E-state index >= 15 is 0 Å². The topological polar surface area (TPSA) is 35.5 Å². The van der Waals surface area contributed by atoms with Crippen LogP contribution in [0.25, 0.3) is 0 Å². The third-order valence-corrected chi connectivity index (χ3v) is 3.84. The van der Waals surface area contributed by atoms with E-state index in [1.54, 1.807) is 6.08 Å². The van der Waals surface area contributed by atoms with Crippen molar-refractivity contribution in [3.8, 4) is 5.75 Å². The SMILES string of the molecule is Cc1ccc(I)c(OC(=O)C2=CCCC(C)(C)O2)c1.